The topological polar surface area (TPSA) is 64.3 Å². The van der Waals surface area contributed by atoms with Gasteiger partial charge in [0.1, 0.15) is 0 Å². The van der Waals surface area contributed by atoms with Crippen molar-refractivity contribution in [3.05, 3.63) is 36.1 Å². The van der Waals surface area contributed by atoms with Crippen molar-refractivity contribution in [1.29, 1.82) is 0 Å². The second kappa shape index (κ2) is 6.67. The predicted octanol–water partition coefficient (Wildman–Crippen LogP) is 2.06. The monoisotopic (exact) mass is 288 g/mol. The first-order valence-electron chi connectivity index (χ1n) is 7.35. The lowest BCUT2D eigenvalue weighted by molar-refractivity contribution is 0.125. The van der Waals surface area contributed by atoms with Crippen molar-refractivity contribution in [1.82, 2.24) is 20.0 Å². The maximum atomic E-state index is 5.73. The molecule has 0 aliphatic carbocycles. The third kappa shape index (κ3) is 4.01. The molecule has 2 aromatic heterocycles. The Morgan fingerprint density at radius 3 is 2.86 bits per heavy atom. The van der Waals surface area contributed by atoms with Gasteiger partial charge in [-0.1, -0.05) is 11.2 Å². The molecule has 3 heterocycles. The van der Waals surface area contributed by atoms with Crippen molar-refractivity contribution in [3.8, 4) is 5.88 Å². The van der Waals surface area contributed by atoms with Gasteiger partial charge < -0.3 is 9.26 Å². The number of nitrogens with zero attached hydrogens (tertiary/aromatic N) is 4. The number of likely N-dealkylation sites (tertiary alicyclic amines) is 1. The zero-order valence-electron chi connectivity index (χ0n) is 12.2. The Labute approximate surface area is 124 Å². The van der Waals surface area contributed by atoms with Crippen LogP contribution >= 0.6 is 0 Å². The quantitative estimate of drug-likeness (QED) is 0.839. The van der Waals surface area contributed by atoms with Gasteiger partial charge in [0.25, 0.3) is 0 Å². The summed E-state index contributed by atoms with van der Waals surface area (Å²) in [5.41, 5.74) is 0. The van der Waals surface area contributed by atoms with Crippen molar-refractivity contribution in [2.24, 2.45) is 5.92 Å². The van der Waals surface area contributed by atoms with Gasteiger partial charge in [0.2, 0.25) is 11.8 Å². The number of ether oxygens (including phenoxy) is 1. The van der Waals surface area contributed by atoms with Crippen LogP contribution in [0, 0.1) is 12.8 Å². The van der Waals surface area contributed by atoms with Crippen LogP contribution in [0.25, 0.3) is 0 Å². The predicted molar refractivity (Wildman–Crippen MR) is 76.8 cm³/mol. The van der Waals surface area contributed by atoms with E-state index in [9.17, 15) is 0 Å². The number of piperidine rings is 1. The van der Waals surface area contributed by atoms with E-state index in [2.05, 4.69) is 20.0 Å². The van der Waals surface area contributed by atoms with E-state index in [0.29, 0.717) is 23.5 Å². The van der Waals surface area contributed by atoms with E-state index in [1.165, 1.54) is 0 Å². The molecule has 0 unspecified atom stereocenters. The van der Waals surface area contributed by atoms with Gasteiger partial charge >= 0.3 is 0 Å². The minimum atomic E-state index is 0.590. The summed E-state index contributed by atoms with van der Waals surface area (Å²) in [7, 11) is 0. The molecule has 0 saturated carbocycles. The third-order valence-electron chi connectivity index (χ3n) is 3.74. The second-order valence-electron chi connectivity index (χ2n) is 5.43. The number of aryl methyl sites for hydroxylation is 1. The minimum Gasteiger partial charge on any atom is -0.477 e. The Hall–Kier alpha value is -1.95. The molecule has 0 radical (unpaired) electrons. The first kappa shape index (κ1) is 14.0. The molecule has 112 valence electrons. The molecule has 0 spiro atoms. The van der Waals surface area contributed by atoms with Crippen LogP contribution < -0.4 is 4.74 Å². The molecule has 0 atom stereocenters. The highest BCUT2D eigenvalue weighted by molar-refractivity contribution is 5.09. The first-order chi connectivity index (χ1) is 10.3. The first-order valence-corrected chi connectivity index (χ1v) is 7.35. The molecule has 6 nitrogen and oxygen atoms in total. The molecule has 1 aliphatic heterocycles. The Balaban J connectivity index is 1.40. The van der Waals surface area contributed by atoms with E-state index in [0.717, 1.165) is 39.1 Å². The van der Waals surface area contributed by atoms with Crippen LogP contribution in [0.15, 0.2) is 28.9 Å². The van der Waals surface area contributed by atoms with Crippen molar-refractivity contribution in [2.75, 3.05) is 19.7 Å². The van der Waals surface area contributed by atoms with Crippen molar-refractivity contribution in [3.63, 3.8) is 0 Å². The molecular formula is C15H20N4O2. The number of pyridine rings is 1. The molecule has 0 amide bonds. The Morgan fingerprint density at radius 1 is 1.33 bits per heavy atom. The van der Waals surface area contributed by atoms with E-state index in [4.69, 9.17) is 9.26 Å². The van der Waals surface area contributed by atoms with Crippen LogP contribution in [0.5, 0.6) is 5.88 Å². The fraction of sp³-hybridized carbons (Fsp3) is 0.533. The molecule has 21 heavy (non-hydrogen) atoms. The molecule has 0 aromatic carbocycles. The van der Waals surface area contributed by atoms with E-state index < -0.39 is 0 Å². The van der Waals surface area contributed by atoms with E-state index in [-0.39, 0.29) is 0 Å². The fourth-order valence-electron chi connectivity index (χ4n) is 2.54. The zero-order valence-corrected chi connectivity index (χ0v) is 12.2. The van der Waals surface area contributed by atoms with Crippen molar-refractivity contribution < 1.29 is 9.26 Å². The van der Waals surface area contributed by atoms with Crippen LogP contribution in [0.4, 0.5) is 0 Å². The fourth-order valence-corrected chi connectivity index (χ4v) is 2.54. The lowest BCUT2D eigenvalue weighted by Gasteiger charge is -2.30. The van der Waals surface area contributed by atoms with Gasteiger partial charge in [0.15, 0.2) is 5.82 Å². The van der Waals surface area contributed by atoms with Crippen molar-refractivity contribution in [2.45, 2.75) is 26.3 Å². The normalized spacial score (nSPS) is 17.0. The maximum Gasteiger partial charge on any atom is 0.240 e. The lowest BCUT2D eigenvalue weighted by atomic mass is 9.98. The van der Waals surface area contributed by atoms with E-state index in [1.807, 2.05) is 25.1 Å². The van der Waals surface area contributed by atoms with Crippen LogP contribution in [0.1, 0.15) is 24.6 Å². The third-order valence-corrected chi connectivity index (χ3v) is 3.74. The molecule has 6 heteroatoms. The molecule has 1 aliphatic rings. The second-order valence-corrected chi connectivity index (χ2v) is 5.43. The lowest BCUT2D eigenvalue weighted by Crippen LogP contribution is -2.35. The molecule has 1 saturated heterocycles. The van der Waals surface area contributed by atoms with Gasteiger partial charge in [-0.15, -0.1) is 0 Å². The summed E-state index contributed by atoms with van der Waals surface area (Å²) in [6.07, 6.45) is 4.00. The Morgan fingerprint density at radius 2 is 2.19 bits per heavy atom. The zero-order chi connectivity index (χ0) is 14.5. The number of hydrogen-bond donors (Lipinski definition) is 0. The number of aromatic nitrogens is 3. The molecule has 0 N–H and O–H groups in total. The average molecular weight is 288 g/mol. The Kier molecular flexibility index (Phi) is 4.45. The number of rotatable bonds is 5. The molecule has 3 rings (SSSR count). The van der Waals surface area contributed by atoms with Crippen molar-refractivity contribution >= 4 is 0 Å². The average Bonchev–Trinajstić information content (AvgIpc) is 2.93. The van der Waals surface area contributed by atoms with Gasteiger partial charge in [-0.2, -0.15) is 4.98 Å². The summed E-state index contributed by atoms with van der Waals surface area (Å²) >= 11 is 0. The smallest absolute Gasteiger partial charge is 0.240 e. The summed E-state index contributed by atoms with van der Waals surface area (Å²) in [6, 6.07) is 5.73. The van der Waals surface area contributed by atoms with Crippen LogP contribution in [-0.4, -0.2) is 39.7 Å². The van der Waals surface area contributed by atoms with E-state index in [1.54, 1.807) is 6.20 Å². The summed E-state index contributed by atoms with van der Waals surface area (Å²) in [4.78, 5) is 10.8. The SMILES string of the molecule is Cc1noc(CN2CCC(COc3ccccn3)CC2)n1. The number of hydrogen-bond acceptors (Lipinski definition) is 6. The van der Waals surface area contributed by atoms with Crippen LogP contribution in [-0.2, 0) is 6.54 Å². The summed E-state index contributed by atoms with van der Waals surface area (Å²) in [6.45, 7) is 5.41. The van der Waals surface area contributed by atoms with Gasteiger partial charge in [0, 0.05) is 12.3 Å². The standard InChI is InChI=1S/C15H20N4O2/c1-12-17-15(21-18-12)10-19-8-5-13(6-9-19)11-20-14-4-2-3-7-16-14/h2-4,7,13H,5-6,8-11H2,1H3. The van der Waals surface area contributed by atoms with Gasteiger partial charge in [-0.25, -0.2) is 4.98 Å². The maximum absolute atomic E-state index is 5.73. The van der Waals surface area contributed by atoms with Gasteiger partial charge in [-0.3, -0.25) is 4.90 Å². The highest BCUT2D eigenvalue weighted by Crippen LogP contribution is 2.19. The van der Waals surface area contributed by atoms with Crippen LogP contribution in [0.2, 0.25) is 0 Å². The van der Waals surface area contributed by atoms with E-state index >= 15 is 0 Å². The van der Waals surface area contributed by atoms with Crippen LogP contribution in [0.3, 0.4) is 0 Å². The molecule has 0 bridgehead atoms. The summed E-state index contributed by atoms with van der Waals surface area (Å²) in [5.74, 6) is 2.70. The highest BCUT2D eigenvalue weighted by Gasteiger charge is 2.21. The summed E-state index contributed by atoms with van der Waals surface area (Å²) in [5, 5.41) is 3.82. The summed E-state index contributed by atoms with van der Waals surface area (Å²) < 4.78 is 10.9. The molecule has 1 fully saturated rings. The highest BCUT2D eigenvalue weighted by atomic mass is 16.5. The largest absolute Gasteiger partial charge is 0.477 e. The minimum absolute atomic E-state index is 0.590. The van der Waals surface area contributed by atoms with Gasteiger partial charge in [0.05, 0.1) is 13.2 Å². The molecular weight excluding hydrogens is 268 g/mol. The Bertz CT molecular complexity index is 550. The van der Waals surface area contributed by atoms with Gasteiger partial charge in [-0.05, 0) is 44.8 Å². The molecule has 2 aromatic rings.